The number of unbranched alkanes of at least 4 members (excludes halogenated alkanes) is 4. The Labute approximate surface area is 196 Å². The van der Waals surface area contributed by atoms with Crippen LogP contribution >= 0.6 is 0 Å². The molecule has 9 heteroatoms. The van der Waals surface area contributed by atoms with Gasteiger partial charge in [0.2, 0.25) is 5.69 Å². The molecule has 0 aromatic heterocycles. The van der Waals surface area contributed by atoms with Crippen molar-refractivity contribution >= 4 is 33.5 Å². The van der Waals surface area contributed by atoms with Crippen LogP contribution in [0.5, 0.6) is 0 Å². The lowest BCUT2D eigenvalue weighted by atomic mass is 9.76. The first-order valence-electron chi connectivity index (χ1n) is 11.6. The van der Waals surface area contributed by atoms with E-state index in [1.54, 1.807) is 13.0 Å². The van der Waals surface area contributed by atoms with E-state index in [9.17, 15) is 22.6 Å². The number of ether oxygens (including phenoxy) is 1. The molecule has 0 bridgehead atoms. The van der Waals surface area contributed by atoms with Gasteiger partial charge in [-0.1, -0.05) is 12.8 Å². The Morgan fingerprint density at radius 3 is 2.39 bits per heavy atom. The minimum Gasteiger partial charge on any atom is -0.744 e. The van der Waals surface area contributed by atoms with Crippen molar-refractivity contribution in [3.8, 4) is 0 Å². The predicted octanol–water partition coefficient (Wildman–Crippen LogP) is 4.13. The van der Waals surface area contributed by atoms with Gasteiger partial charge in [-0.3, -0.25) is 9.59 Å². The van der Waals surface area contributed by atoms with Crippen molar-refractivity contribution in [1.82, 2.24) is 0 Å². The fraction of sp³-hybridized carbons (Fsp3) is 0.625. The smallest absolute Gasteiger partial charge is 0.305 e. The summed E-state index contributed by atoms with van der Waals surface area (Å²) in [6, 6.07) is 4.57. The van der Waals surface area contributed by atoms with Crippen LogP contribution in [-0.4, -0.2) is 53.5 Å². The van der Waals surface area contributed by atoms with Gasteiger partial charge in [0, 0.05) is 37.8 Å². The number of esters is 1. The number of benzene rings is 1. The normalized spacial score (nSPS) is 17.8. The molecule has 0 fully saturated rings. The molecule has 1 atom stereocenters. The van der Waals surface area contributed by atoms with Crippen LogP contribution in [0.15, 0.2) is 23.1 Å². The van der Waals surface area contributed by atoms with Crippen molar-refractivity contribution in [3.63, 3.8) is 0 Å². The van der Waals surface area contributed by atoms with Gasteiger partial charge < -0.3 is 14.4 Å². The monoisotopic (exact) mass is 481 g/mol. The van der Waals surface area contributed by atoms with Crippen LogP contribution in [-0.2, 0) is 29.9 Å². The number of carboxylic acid groups (broad SMARTS) is 1. The molecule has 1 aromatic carbocycles. The number of rotatable bonds is 14. The first-order chi connectivity index (χ1) is 15.5. The molecule has 1 aromatic rings. The van der Waals surface area contributed by atoms with E-state index in [0.717, 1.165) is 62.0 Å². The van der Waals surface area contributed by atoms with Crippen molar-refractivity contribution in [2.45, 2.75) is 88.9 Å². The Bertz CT molecular complexity index is 1000. The van der Waals surface area contributed by atoms with Crippen LogP contribution in [0.25, 0.3) is 0 Å². The third-order valence-corrected chi connectivity index (χ3v) is 7.31. The van der Waals surface area contributed by atoms with E-state index < -0.39 is 21.5 Å². The van der Waals surface area contributed by atoms with E-state index in [1.165, 1.54) is 12.1 Å². The number of fused-ring (bicyclic) bond motifs is 1. The largest absolute Gasteiger partial charge is 0.744 e. The fourth-order valence-corrected chi connectivity index (χ4v) is 5.00. The molecule has 1 aliphatic heterocycles. The number of nitrogens with zero attached hydrogens (tertiary/aromatic N) is 1. The van der Waals surface area contributed by atoms with E-state index >= 15 is 0 Å². The van der Waals surface area contributed by atoms with Gasteiger partial charge in [-0.25, -0.2) is 8.42 Å². The molecule has 0 amide bonds. The van der Waals surface area contributed by atoms with Crippen LogP contribution in [0.4, 0.5) is 5.69 Å². The molecule has 33 heavy (non-hydrogen) atoms. The first-order valence-corrected chi connectivity index (χ1v) is 13.0. The third kappa shape index (κ3) is 7.11. The van der Waals surface area contributed by atoms with Crippen LogP contribution in [0, 0.1) is 0 Å². The highest BCUT2D eigenvalue weighted by molar-refractivity contribution is 7.85. The van der Waals surface area contributed by atoms with Crippen molar-refractivity contribution in [2.24, 2.45) is 0 Å². The van der Waals surface area contributed by atoms with Gasteiger partial charge in [0.25, 0.3) is 0 Å². The average Bonchev–Trinajstić information content (AvgIpc) is 2.94. The Kier molecular flexibility index (Phi) is 9.60. The molecule has 8 nitrogen and oxygen atoms in total. The molecule has 0 saturated heterocycles. The van der Waals surface area contributed by atoms with Gasteiger partial charge in [0.15, 0.2) is 5.71 Å². The lowest BCUT2D eigenvalue weighted by Gasteiger charge is -2.23. The second kappa shape index (κ2) is 11.7. The summed E-state index contributed by atoms with van der Waals surface area (Å²) in [6.45, 7) is 6.97. The standard InChI is InChI=1S/C24H35NO7S/c1-4-32-23(28)12-8-6-10-16-25-18(2)24(3,15-9-5-7-11-22(26)27)20-17-19(33(29,30)31)13-14-21(20)25/h13-14,17H,4-12,15-16H2,1-3H3,(H-,26,27,29,30,31). The predicted molar refractivity (Wildman–Crippen MR) is 123 cm³/mol. The topological polar surface area (TPSA) is 124 Å². The highest BCUT2D eigenvalue weighted by atomic mass is 32.2. The van der Waals surface area contributed by atoms with Crippen LogP contribution < -0.4 is 0 Å². The van der Waals surface area contributed by atoms with E-state index in [2.05, 4.69) is 11.5 Å². The van der Waals surface area contributed by atoms with Crippen LogP contribution in [0.1, 0.15) is 84.1 Å². The maximum atomic E-state index is 11.6. The molecule has 0 spiro atoms. The number of carbonyl (C=O) groups excluding carboxylic acids is 1. The molecule has 1 N–H and O–H groups in total. The minimum absolute atomic E-state index is 0.131. The van der Waals surface area contributed by atoms with Gasteiger partial charge in [0.05, 0.1) is 16.9 Å². The number of aliphatic carboxylic acids is 1. The Morgan fingerprint density at radius 2 is 1.76 bits per heavy atom. The van der Waals surface area contributed by atoms with Gasteiger partial charge >= 0.3 is 11.9 Å². The summed E-state index contributed by atoms with van der Waals surface area (Å²) in [5, 5.41) is 8.84. The summed E-state index contributed by atoms with van der Waals surface area (Å²) in [6.07, 6.45) is 5.86. The highest BCUT2D eigenvalue weighted by Crippen LogP contribution is 2.44. The molecule has 0 radical (unpaired) electrons. The SMILES string of the molecule is CCOC(=O)CCCCC[N+]1=C(C)C(C)(CCCCCC(=O)O)c2cc(S(=O)(=O)[O-])ccc21. The van der Waals surface area contributed by atoms with E-state index in [1.807, 2.05) is 6.92 Å². The second-order valence-corrected chi connectivity index (χ2v) is 10.2. The quantitative estimate of drug-likeness (QED) is 0.183. The highest BCUT2D eigenvalue weighted by Gasteiger charge is 2.46. The van der Waals surface area contributed by atoms with Crippen LogP contribution in [0.3, 0.4) is 0 Å². The lowest BCUT2D eigenvalue weighted by molar-refractivity contribution is -0.439. The van der Waals surface area contributed by atoms with Crippen molar-refractivity contribution < 1.29 is 37.0 Å². The molecule has 1 aliphatic rings. The zero-order chi connectivity index (χ0) is 24.6. The average molecular weight is 482 g/mol. The molecule has 0 saturated carbocycles. The lowest BCUT2D eigenvalue weighted by Crippen LogP contribution is -2.30. The third-order valence-electron chi connectivity index (χ3n) is 6.48. The Hall–Kier alpha value is -2.26. The zero-order valence-corrected chi connectivity index (χ0v) is 20.6. The van der Waals surface area contributed by atoms with Crippen molar-refractivity contribution in [3.05, 3.63) is 23.8 Å². The molecule has 184 valence electrons. The number of hydrogen-bond donors (Lipinski definition) is 1. The maximum absolute atomic E-state index is 11.6. The number of carbonyl (C=O) groups is 2. The molecule has 1 heterocycles. The maximum Gasteiger partial charge on any atom is 0.305 e. The fourth-order valence-electron chi connectivity index (χ4n) is 4.51. The molecular weight excluding hydrogens is 446 g/mol. The summed E-state index contributed by atoms with van der Waals surface area (Å²) >= 11 is 0. The summed E-state index contributed by atoms with van der Waals surface area (Å²) < 4.78 is 42.1. The van der Waals surface area contributed by atoms with Crippen LogP contribution in [0.2, 0.25) is 0 Å². The second-order valence-electron chi connectivity index (χ2n) is 8.77. The molecule has 1 unspecified atom stereocenters. The summed E-state index contributed by atoms with van der Waals surface area (Å²) in [5.41, 5.74) is 2.37. The summed E-state index contributed by atoms with van der Waals surface area (Å²) in [5.74, 6) is -0.997. The van der Waals surface area contributed by atoms with Crippen molar-refractivity contribution in [1.29, 1.82) is 0 Å². The van der Waals surface area contributed by atoms with Gasteiger partial charge in [0.1, 0.15) is 16.7 Å². The molecular formula is C24H35NO7S. The Balaban J connectivity index is 2.17. The van der Waals surface area contributed by atoms with Gasteiger partial charge in [-0.05, 0) is 51.7 Å². The number of hydrogen-bond acceptors (Lipinski definition) is 6. The molecule has 0 aliphatic carbocycles. The molecule has 2 rings (SSSR count). The van der Waals surface area contributed by atoms with E-state index in [-0.39, 0.29) is 17.3 Å². The Morgan fingerprint density at radius 1 is 1.09 bits per heavy atom. The van der Waals surface area contributed by atoms with Gasteiger partial charge in [-0.2, -0.15) is 4.58 Å². The first kappa shape index (κ1) is 27.0. The zero-order valence-electron chi connectivity index (χ0n) is 19.8. The van der Waals surface area contributed by atoms with Gasteiger partial charge in [-0.15, -0.1) is 0 Å². The van der Waals surface area contributed by atoms with E-state index in [4.69, 9.17) is 9.84 Å². The minimum atomic E-state index is -4.57. The summed E-state index contributed by atoms with van der Waals surface area (Å²) in [7, 11) is -4.57. The summed E-state index contributed by atoms with van der Waals surface area (Å²) in [4.78, 5) is 22.0. The van der Waals surface area contributed by atoms with Crippen molar-refractivity contribution in [2.75, 3.05) is 13.2 Å². The number of carboxylic acids is 1. The van der Waals surface area contributed by atoms with E-state index in [0.29, 0.717) is 19.4 Å².